The molecule has 6 rings (SSSR count). The molecule has 13 heteroatoms. The van der Waals surface area contributed by atoms with E-state index < -0.39 is 47.6 Å². The minimum atomic E-state index is -1.45. The van der Waals surface area contributed by atoms with Crippen LogP contribution < -0.4 is 11.1 Å². The van der Waals surface area contributed by atoms with E-state index in [0.29, 0.717) is 10.9 Å². The molecule has 1 aliphatic heterocycles. The number of likely N-dealkylation sites (tertiary alicyclic amines) is 1. The molecule has 4 aromatic rings. The molecule has 1 saturated heterocycles. The largest absolute Gasteiger partial charge is 0.364 e. The highest BCUT2D eigenvalue weighted by Gasteiger charge is 2.41. The van der Waals surface area contributed by atoms with Crippen molar-refractivity contribution in [3.05, 3.63) is 77.2 Å². The Morgan fingerprint density at radius 2 is 1.85 bits per heavy atom. The van der Waals surface area contributed by atoms with Gasteiger partial charge in [0, 0.05) is 22.9 Å². The van der Waals surface area contributed by atoms with Crippen molar-refractivity contribution < 1.29 is 27.6 Å². The SMILES string of the molecule is NC(=O)c1nn(CC(=O)N2C[C@H](F)CC2C(=O)NC2CCc3c(F)ccc(F)c32)c2ccc(-c3ccnnc3)cc12. The van der Waals surface area contributed by atoms with E-state index in [-0.39, 0.29) is 49.2 Å². The fraction of sp³-hybridized carbons (Fsp3) is 0.286. The van der Waals surface area contributed by atoms with Crippen molar-refractivity contribution in [2.45, 2.75) is 44.1 Å². The molecule has 2 aliphatic rings. The number of hydrogen-bond donors (Lipinski definition) is 2. The Kier molecular flexibility index (Phi) is 6.64. The van der Waals surface area contributed by atoms with Gasteiger partial charge in [-0.1, -0.05) is 6.07 Å². The molecule has 2 aromatic carbocycles. The molecule has 0 saturated carbocycles. The highest BCUT2D eigenvalue weighted by atomic mass is 19.1. The Morgan fingerprint density at radius 1 is 1.05 bits per heavy atom. The van der Waals surface area contributed by atoms with Crippen LogP contribution in [0, 0.1) is 11.6 Å². The van der Waals surface area contributed by atoms with Gasteiger partial charge >= 0.3 is 0 Å². The zero-order valence-electron chi connectivity index (χ0n) is 21.6. The third-order valence-electron chi connectivity index (χ3n) is 7.65. The number of carbonyl (C=O) groups is 3. The molecule has 0 spiro atoms. The van der Waals surface area contributed by atoms with Crippen LogP contribution in [0.4, 0.5) is 13.2 Å². The first kappa shape index (κ1) is 26.4. The van der Waals surface area contributed by atoms with E-state index in [0.717, 1.165) is 28.2 Å². The van der Waals surface area contributed by atoms with Gasteiger partial charge < -0.3 is 16.0 Å². The molecule has 210 valence electrons. The van der Waals surface area contributed by atoms with E-state index in [2.05, 4.69) is 20.6 Å². The monoisotopic (exact) mass is 563 g/mol. The summed E-state index contributed by atoms with van der Waals surface area (Å²) in [6.07, 6.45) is 1.92. The number of amides is 3. The number of primary amides is 1. The first-order valence-electron chi connectivity index (χ1n) is 13.0. The molecule has 3 atom stereocenters. The number of rotatable bonds is 6. The minimum absolute atomic E-state index is 0.0510. The van der Waals surface area contributed by atoms with E-state index in [4.69, 9.17) is 5.73 Å². The average molecular weight is 564 g/mol. The second-order valence-corrected chi connectivity index (χ2v) is 10.1. The number of alkyl halides is 1. The highest BCUT2D eigenvalue weighted by Crippen LogP contribution is 2.35. The van der Waals surface area contributed by atoms with Gasteiger partial charge in [0.15, 0.2) is 5.69 Å². The van der Waals surface area contributed by atoms with Crippen molar-refractivity contribution in [1.82, 2.24) is 30.2 Å². The minimum Gasteiger partial charge on any atom is -0.364 e. The van der Waals surface area contributed by atoms with Crippen molar-refractivity contribution in [3.63, 3.8) is 0 Å². The Bertz CT molecular complexity index is 1690. The number of nitrogens with two attached hydrogens (primary N) is 1. The molecule has 2 unspecified atom stereocenters. The van der Waals surface area contributed by atoms with Gasteiger partial charge in [-0.25, -0.2) is 13.2 Å². The lowest BCUT2D eigenvalue weighted by Crippen LogP contribution is -2.47. The number of carbonyl (C=O) groups excluding carboxylic acids is 3. The van der Waals surface area contributed by atoms with E-state index in [1.165, 1.54) is 10.9 Å². The maximum atomic E-state index is 14.5. The summed E-state index contributed by atoms with van der Waals surface area (Å²) in [6, 6.07) is 6.99. The number of nitrogens with zero attached hydrogens (tertiary/aromatic N) is 5. The summed E-state index contributed by atoms with van der Waals surface area (Å²) in [5.74, 6) is -3.23. The predicted octanol–water partition coefficient (Wildman–Crippen LogP) is 2.61. The second kappa shape index (κ2) is 10.3. The molecule has 41 heavy (non-hydrogen) atoms. The van der Waals surface area contributed by atoms with Gasteiger partial charge in [-0.15, -0.1) is 0 Å². The summed E-state index contributed by atoms with van der Waals surface area (Å²) in [5.41, 5.74) is 7.70. The van der Waals surface area contributed by atoms with Crippen LogP contribution in [0.15, 0.2) is 48.8 Å². The molecule has 1 aliphatic carbocycles. The zero-order valence-corrected chi connectivity index (χ0v) is 21.6. The quantitative estimate of drug-likeness (QED) is 0.370. The van der Waals surface area contributed by atoms with Crippen molar-refractivity contribution in [2.24, 2.45) is 5.73 Å². The molecule has 3 amide bonds. The standard InChI is InChI=1S/C28H24F3N7O3/c29-16-10-23(28(41)35-21-5-2-17-19(30)3-4-20(31)25(17)21)37(12-16)24(39)13-38-22-6-1-14(15-7-8-33-34-11-15)9-18(22)26(36-38)27(32)40/h1,3-4,6-9,11,16,21,23H,2,5,10,12-13H2,(H2,32,40)(H,35,41)/t16-,21?,23?/m1/s1. The number of fused-ring (bicyclic) bond motifs is 2. The maximum Gasteiger partial charge on any atom is 0.269 e. The average Bonchev–Trinajstić information content (AvgIpc) is 3.67. The fourth-order valence-electron chi connectivity index (χ4n) is 5.74. The summed E-state index contributed by atoms with van der Waals surface area (Å²) in [5, 5.41) is 14.9. The van der Waals surface area contributed by atoms with Crippen molar-refractivity contribution in [1.29, 1.82) is 0 Å². The summed E-state index contributed by atoms with van der Waals surface area (Å²) >= 11 is 0. The van der Waals surface area contributed by atoms with Gasteiger partial charge in [0.05, 0.1) is 30.5 Å². The Hall–Kier alpha value is -4.81. The number of aromatic nitrogens is 4. The number of benzene rings is 2. The van der Waals surface area contributed by atoms with Crippen LogP contribution in [0.5, 0.6) is 0 Å². The lowest BCUT2D eigenvalue weighted by molar-refractivity contribution is -0.139. The van der Waals surface area contributed by atoms with Gasteiger partial charge in [-0.3, -0.25) is 19.1 Å². The molecule has 2 aromatic heterocycles. The number of hydrogen-bond acceptors (Lipinski definition) is 6. The van der Waals surface area contributed by atoms with E-state index in [1.54, 1.807) is 30.5 Å². The van der Waals surface area contributed by atoms with Crippen LogP contribution in [0.2, 0.25) is 0 Å². The Morgan fingerprint density at radius 3 is 2.61 bits per heavy atom. The lowest BCUT2D eigenvalue weighted by atomic mass is 10.0. The van der Waals surface area contributed by atoms with Crippen LogP contribution in [-0.4, -0.2) is 61.4 Å². The van der Waals surface area contributed by atoms with Crippen LogP contribution in [0.3, 0.4) is 0 Å². The Balaban J connectivity index is 1.24. The number of halogens is 3. The molecule has 3 heterocycles. The van der Waals surface area contributed by atoms with E-state index >= 15 is 0 Å². The summed E-state index contributed by atoms with van der Waals surface area (Å²) in [6.45, 7) is -0.704. The topological polar surface area (TPSA) is 136 Å². The van der Waals surface area contributed by atoms with Crippen LogP contribution in [0.25, 0.3) is 22.0 Å². The Labute approximate surface area is 231 Å². The summed E-state index contributed by atoms with van der Waals surface area (Å²) in [4.78, 5) is 39.9. The van der Waals surface area contributed by atoms with Gasteiger partial charge in [-0.2, -0.15) is 15.3 Å². The zero-order chi connectivity index (χ0) is 28.8. The smallest absolute Gasteiger partial charge is 0.269 e. The molecule has 0 radical (unpaired) electrons. The first-order chi connectivity index (χ1) is 19.7. The van der Waals surface area contributed by atoms with Crippen LogP contribution in [-0.2, 0) is 22.6 Å². The second-order valence-electron chi connectivity index (χ2n) is 10.1. The van der Waals surface area contributed by atoms with Crippen LogP contribution >= 0.6 is 0 Å². The third kappa shape index (κ3) is 4.77. The maximum absolute atomic E-state index is 14.5. The lowest BCUT2D eigenvalue weighted by Gasteiger charge is -2.25. The summed E-state index contributed by atoms with van der Waals surface area (Å²) < 4.78 is 44.5. The van der Waals surface area contributed by atoms with Gasteiger partial charge in [0.25, 0.3) is 5.91 Å². The molecule has 1 fully saturated rings. The third-order valence-corrected chi connectivity index (χ3v) is 7.65. The normalized spacial score (nSPS) is 19.9. The van der Waals surface area contributed by atoms with Crippen LogP contribution in [0.1, 0.15) is 40.5 Å². The molecular weight excluding hydrogens is 539 g/mol. The molecular formula is C28H24F3N7O3. The fourth-order valence-corrected chi connectivity index (χ4v) is 5.74. The molecule has 3 N–H and O–H groups in total. The predicted molar refractivity (Wildman–Crippen MR) is 140 cm³/mol. The van der Waals surface area contributed by atoms with Gasteiger partial charge in [-0.05, 0) is 54.3 Å². The van der Waals surface area contributed by atoms with E-state index in [9.17, 15) is 27.6 Å². The molecule has 0 bridgehead atoms. The highest BCUT2D eigenvalue weighted by molar-refractivity contribution is 6.05. The van der Waals surface area contributed by atoms with Gasteiger partial charge in [0.2, 0.25) is 11.8 Å². The first-order valence-corrected chi connectivity index (χ1v) is 13.0. The van der Waals surface area contributed by atoms with Crippen molar-refractivity contribution in [3.8, 4) is 11.1 Å². The molecule has 10 nitrogen and oxygen atoms in total. The number of nitrogens with one attached hydrogen (secondary N) is 1. The van der Waals surface area contributed by atoms with Crippen molar-refractivity contribution >= 4 is 28.6 Å². The van der Waals surface area contributed by atoms with Crippen molar-refractivity contribution in [2.75, 3.05) is 6.54 Å². The summed E-state index contributed by atoms with van der Waals surface area (Å²) in [7, 11) is 0. The van der Waals surface area contributed by atoms with E-state index in [1.807, 2.05) is 0 Å². The van der Waals surface area contributed by atoms with Gasteiger partial charge in [0.1, 0.15) is 30.4 Å².